The van der Waals surface area contributed by atoms with Gasteiger partial charge in [-0.25, -0.2) is 0 Å². The molecule has 0 fully saturated rings. The third kappa shape index (κ3) is 7.37. The molecule has 4 aromatic rings. The van der Waals surface area contributed by atoms with E-state index in [0.717, 1.165) is 34.1 Å². The Balaban J connectivity index is 0.000000175. The van der Waals surface area contributed by atoms with E-state index >= 15 is 0 Å². The average Bonchev–Trinajstić information content (AvgIpc) is 2.90. The number of hydrogen-bond acceptors (Lipinski definition) is 7. The van der Waals surface area contributed by atoms with E-state index in [4.69, 9.17) is 21.2 Å². The predicted octanol–water partition coefficient (Wildman–Crippen LogP) is 5.73. The minimum atomic E-state index is -4.67. The fourth-order valence-corrected chi connectivity index (χ4v) is 4.55. The van der Waals surface area contributed by atoms with Crippen molar-refractivity contribution in [3.8, 4) is 0 Å². The number of pyridine rings is 3. The summed E-state index contributed by atoms with van der Waals surface area (Å²) in [6, 6.07) is 10.6. The molecule has 39 heavy (non-hydrogen) atoms. The molecule has 2 unspecified atom stereocenters. The molecule has 1 aliphatic heterocycles. The van der Waals surface area contributed by atoms with Gasteiger partial charge in [0.2, 0.25) is 0 Å². The van der Waals surface area contributed by atoms with Crippen LogP contribution in [0.15, 0.2) is 71.6 Å². The van der Waals surface area contributed by atoms with E-state index in [1.54, 1.807) is 0 Å². The molecule has 3 aromatic heterocycles. The molecule has 1 aromatic carbocycles. The second-order valence-corrected chi connectivity index (χ2v) is 9.92. The van der Waals surface area contributed by atoms with Gasteiger partial charge in [0.25, 0.3) is 0 Å². The van der Waals surface area contributed by atoms with Crippen molar-refractivity contribution in [1.82, 2.24) is 15.0 Å². The third-order valence-corrected chi connectivity index (χ3v) is 6.50. The molecule has 2 N–H and O–H groups in total. The van der Waals surface area contributed by atoms with Crippen LogP contribution in [-0.2, 0) is 31.4 Å². The first-order valence-corrected chi connectivity index (χ1v) is 13.8. The van der Waals surface area contributed by atoms with Crippen LogP contribution in [0.5, 0.6) is 0 Å². The molecule has 4 heterocycles. The van der Waals surface area contributed by atoms with Gasteiger partial charge in [0.15, 0.2) is 0 Å². The van der Waals surface area contributed by atoms with Gasteiger partial charge in [-0.1, -0.05) is 29.9 Å². The van der Waals surface area contributed by atoms with Crippen molar-refractivity contribution >= 4 is 44.5 Å². The van der Waals surface area contributed by atoms with Crippen molar-refractivity contribution in [3.05, 3.63) is 94.6 Å². The Morgan fingerprint density at radius 3 is 1.79 bits per heavy atom. The SMILES string of the molecule is CC1=CC=NC2c3nccc(C)c3C=CC12.Cc1ccnc2c1ccc1c(C)ccnc12.O=S(=O)(O)O.[O]=[V]. The molecule has 6 rings (SSSR count). The molecule has 0 saturated heterocycles. The summed E-state index contributed by atoms with van der Waals surface area (Å²) < 4.78 is 39.8. The number of allylic oxidation sites excluding steroid dienone is 1. The zero-order chi connectivity index (χ0) is 28.7. The van der Waals surface area contributed by atoms with Gasteiger partial charge >= 0.3 is 31.4 Å². The van der Waals surface area contributed by atoms with Crippen molar-refractivity contribution in [2.24, 2.45) is 10.9 Å². The maximum absolute atomic E-state index is 8.74. The molecule has 201 valence electrons. The maximum atomic E-state index is 8.74. The average molecular weight is 584 g/mol. The number of aryl methyl sites for hydroxylation is 3. The number of dihydropyridines is 1. The molecule has 0 radical (unpaired) electrons. The topological polar surface area (TPSA) is 143 Å². The van der Waals surface area contributed by atoms with Crippen LogP contribution in [0.4, 0.5) is 0 Å². The number of hydrogen-bond donors (Lipinski definition) is 2. The summed E-state index contributed by atoms with van der Waals surface area (Å²) >= 11 is 1.06. The number of benzene rings is 1. The zero-order valence-corrected chi connectivity index (χ0v) is 24.1. The molecular weight excluding hydrogens is 555 g/mol. The van der Waals surface area contributed by atoms with E-state index in [1.165, 1.54) is 38.6 Å². The van der Waals surface area contributed by atoms with E-state index in [2.05, 4.69) is 84.1 Å². The fraction of sp³-hybridized carbons (Fsp3) is 0.214. The van der Waals surface area contributed by atoms with Gasteiger partial charge in [-0.2, -0.15) is 8.42 Å². The summed E-state index contributed by atoms with van der Waals surface area (Å²) in [4.78, 5) is 18.0. The van der Waals surface area contributed by atoms with Crippen LogP contribution >= 0.6 is 0 Å². The van der Waals surface area contributed by atoms with E-state index in [1.807, 2.05) is 36.9 Å². The Labute approximate surface area is 236 Å². The molecule has 0 bridgehead atoms. The quantitative estimate of drug-likeness (QED) is 0.197. The molecule has 0 saturated carbocycles. The number of nitrogens with zero attached hydrogens (tertiary/aromatic N) is 4. The molecule has 1 aliphatic carbocycles. The van der Waals surface area contributed by atoms with Crippen LogP contribution in [0.3, 0.4) is 0 Å². The number of aliphatic imine (C=N–C) groups is 1. The summed E-state index contributed by atoms with van der Waals surface area (Å²) in [5, 5.41) is 2.38. The number of aromatic nitrogens is 3. The van der Waals surface area contributed by atoms with Gasteiger partial charge in [-0.05, 0) is 68.7 Å². The van der Waals surface area contributed by atoms with Crippen LogP contribution < -0.4 is 0 Å². The normalized spacial score (nSPS) is 16.8. The summed E-state index contributed by atoms with van der Waals surface area (Å²) in [5.41, 5.74) is 9.51. The van der Waals surface area contributed by atoms with Crippen LogP contribution in [-0.4, -0.2) is 38.7 Å². The Bertz CT molecular complexity index is 1630. The van der Waals surface area contributed by atoms with E-state index in [9.17, 15) is 0 Å². The van der Waals surface area contributed by atoms with Gasteiger partial charge < -0.3 is 0 Å². The Hall–Kier alpha value is -3.41. The van der Waals surface area contributed by atoms with Crippen molar-refractivity contribution in [3.63, 3.8) is 0 Å². The Morgan fingerprint density at radius 1 is 0.769 bits per heavy atom. The predicted molar refractivity (Wildman–Crippen MR) is 148 cm³/mol. The van der Waals surface area contributed by atoms with E-state index in [-0.39, 0.29) is 6.04 Å². The molecule has 11 heteroatoms. The monoisotopic (exact) mass is 583 g/mol. The third-order valence-electron chi connectivity index (χ3n) is 6.50. The summed E-state index contributed by atoms with van der Waals surface area (Å²) in [7, 11) is -4.67. The van der Waals surface area contributed by atoms with Crippen LogP contribution in [0, 0.1) is 26.7 Å². The molecule has 9 nitrogen and oxygen atoms in total. The summed E-state index contributed by atoms with van der Waals surface area (Å²) in [6.07, 6.45) is 14.0. The van der Waals surface area contributed by atoms with Crippen LogP contribution in [0.2, 0.25) is 0 Å². The number of fused-ring (bicyclic) bond motifs is 6. The standard InChI is InChI=1S/C14H14N2.C14H12N2.H2O4S.O.V/c2*1-9-5-7-15-13-11(9)3-4-12-10(2)6-8-16-14(12)13;1-5(2,3)4;;/h3-8,11,13H,1-2H3;3-8H,1-2H3;(H2,1,2,3,4);;. The van der Waals surface area contributed by atoms with Gasteiger partial charge in [0.05, 0.1) is 16.7 Å². The first-order valence-electron chi connectivity index (χ1n) is 11.9. The van der Waals surface area contributed by atoms with Crippen molar-refractivity contribution in [2.75, 3.05) is 0 Å². The van der Waals surface area contributed by atoms with Gasteiger partial charge in [-0.15, -0.1) is 0 Å². The Morgan fingerprint density at radius 2 is 1.26 bits per heavy atom. The first-order chi connectivity index (χ1) is 18.5. The summed E-state index contributed by atoms with van der Waals surface area (Å²) in [5.74, 6) is 0.395. The van der Waals surface area contributed by atoms with Crippen molar-refractivity contribution < 1.29 is 38.6 Å². The minimum absolute atomic E-state index is 0.185. The zero-order valence-electron chi connectivity index (χ0n) is 21.8. The van der Waals surface area contributed by atoms with E-state index in [0.29, 0.717) is 5.92 Å². The van der Waals surface area contributed by atoms with Crippen molar-refractivity contribution in [2.45, 2.75) is 33.7 Å². The van der Waals surface area contributed by atoms with Gasteiger partial charge in [0.1, 0.15) is 6.04 Å². The van der Waals surface area contributed by atoms with Gasteiger partial charge in [0, 0.05) is 47.1 Å². The first kappa shape index (κ1) is 30.1. The molecule has 0 spiro atoms. The second kappa shape index (κ2) is 13.1. The fourth-order valence-electron chi connectivity index (χ4n) is 4.55. The molecule has 2 atom stereocenters. The van der Waals surface area contributed by atoms with Gasteiger partial charge in [-0.3, -0.25) is 29.0 Å². The summed E-state index contributed by atoms with van der Waals surface area (Å²) in [6.45, 7) is 8.49. The number of rotatable bonds is 0. The van der Waals surface area contributed by atoms with E-state index < -0.39 is 10.4 Å². The molecular formula is C28H28N4O5SV. The molecule has 2 aliphatic rings. The Kier molecular flexibility index (Phi) is 10.1. The van der Waals surface area contributed by atoms with Crippen molar-refractivity contribution in [1.29, 1.82) is 0 Å². The molecule has 0 amide bonds. The van der Waals surface area contributed by atoms with Crippen LogP contribution in [0.25, 0.3) is 27.9 Å². The second-order valence-electron chi connectivity index (χ2n) is 9.03. The van der Waals surface area contributed by atoms with Crippen LogP contribution in [0.1, 0.15) is 40.9 Å².